The van der Waals surface area contributed by atoms with Gasteiger partial charge in [0.25, 0.3) is 0 Å². The van der Waals surface area contributed by atoms with Gasteiger partial charge in [-0.2, -0.15) is 0 Å². The molecular formula is C45H76O15. The van der Waals surface area contributed by atoms with Crippen LogP contribution in [0.4, 0.5) is 0 Å². The van der Waals surface area contributed by atoms with E-state index < -0.39 is 99.3 Å². The summed E-state index contributed by atoms with van der Waals surface area (Å²) in [5.41, 5.74) is 0. The summed E-state index contributed by atoms with van der Waals surface area (Å²) < 4.78 is 33.3. The van der Waals surface area contributed by atoms with Gasteiger partial charge in [0, 0.05) is 12.8 Å². The number of carbonyl (C=O) groups excluding carboxylic acids is 2. The van der Waals surface area contributed by atoms with E-state index in [0.717, 1.165) is 70.6 Å². The van der Waals surface area contributed by atoms with Gasteiger partial charge in [-0.05, 0) is 51.4 Å². The fourth-order valence-corrected chi connectivity index (χ4v) is 6.56. The Balaban J connectivity index is 1.86. The predicted molar refractivity (Wildman–Crippen MR) is 224 cm³/mol. The van der Waals surface area contributed by atoms with E-state index in [1.807, 2.05) is 0 Å². The highest BCUT2D eigenvalue weighted by Gasteiger charge is 2.47. The van der Waals surface area contributed by atoms with Crippen LogP contribution in [-0.4, -0.2) is 142 Å². The largest absolute Gasteiger partial charge is 0.462 e. The molecule has 2 heterocycles. The van der Waals surface area contributed by atoms with Gasteiger partial charge in [-0.25, -0.2) is 0 Å². The van der Waals surface area contributed by atoms with Crippen LogP contribution in [0.25, 0.3) is 0 Å². The molecule has 7 N–H and O–H groups in total. The molecule has 0 aromatic carbocycles. The summed E-state index contributed by atoms with van der Waals surface area (Å²) in [5.74, 6) is -0.974. The molecule has 60 heavy (non-hydrogen) atoms. The molecule has 0 aromatic rings. The van der Waals surface area contributed by atoms with Crippen molar-refractivity contribution < 1.29 is 73.8 Å². The van der Waals surface area contributed by atoms with Crippen molar-refractivity contribution in [2.24, 2.45) is 0 Å². The standard InChI is InChI=1S/C45H76O15/c1-3-5-7-9-11-12-13-14-15-16-17-18-19-20-22-24-26-28-37(48)58-33(30-55-36(47)27-25-23-21-10-8-6-4-2)31-56-44-43(54)41(52)39(50)35(60-44)32-57-45-42(53)40(51)38(49)34(29-46)59-45/h7,9,12-13,15-16,18-19,33-35,38-46,49-54H,3-6,8,10-11,14,17,20-32H2,1-2H3/b9-7+,13-12+,16-15+,19-18+/t33-,34+,35+,38-,39-,40?,41?,42?,43?,44+,45+/m1/s1. The average molecular weight is 857 g/mol. The highest BCUT2D eigenvalue weighted by atomic mass is 16.7. The smallest absolute Gasteiger partial charge is 0.306 e. The topological polar surface area (TPSA) is 231 Å². The number of rotatable bonds is 32. The lowest BCUT2D eigenvalue weighted by Crippen LogP contribution is -2.61. The summed E-state index contributed by atoms with van der Waals surface area (Å²) >= 11 is 0. The van der Waals surface area contributed by atoms with Crippen molar-refractivity contribution >= 4 is 11.9 Å². The van der Waals surface area contributed by atoms with Crippen molar-refractivity contribution in [3.05, 3.63) is 48.6 Å². The molecule has 0 aliphatic carbocycles. The minimum Gasteiger partial charge on any atom is -0.462 e. The molecule has 2 fully saturated rings. The SMILES string of the molecule is CCC/C=C/C/C=C/C/C=C/C/C=C/CCCCCC(=O)O[C@H](COC(=O)CCCCCCCCC)CO[C@H]1O[C@@H](CO[C@H]2O[C@@H](CO)[C@@H](O)C(O)C2O)[C@@H](O)C(O)C1O. The van der Waals surface area contributed by atoms with Gasteiger partial charge in [0.15, 0.2) is 18.7 Å². The Morgan fingerprint density at radius 3 is 1.63 bits per heavy atom. The van der Waals surface area contributed by atoms with E-state index in [1.54, 1.807) is 0 Å². The van der Waals surface area contributed by atoms with Gasteiger partial charge >= 0.3 is 11.9 Å². The summed E-state index contributed by atoms with van der Waals surface area (Å²) in [7, 11) is 0. The molecule has 2 saturated heterocycles. The second-order valence-corrected chi connectivity index (χ2v) is 15.5. The first-order valence-corrected chi connectivity index (χ1v) is 22.2. The lowest BCUT2D eigenvalue weighted by Gasteiger charge is -2.42. The molecule has 2 aliphatic rings. The Hall–Kier alpha value is -2.54. The van der Waals surface area contributed by atoms with Gasteiger partial charge in [-0.1, -0.05) is 114 Å². The van der Waals surface area contributed by atoms with Crippen molar-refractivity contribution in [3.8, 4) is 0 Å². The maximum absolute atomic E-state index is 12.9. The normalized spacial score (nSPS) is 28.0. The van der Waals surface area contributed by atoms with Crippen molar-refractivity contribution in [1.29, 1.82) is 0 Å². The third kappa shape index (κ3) is 22.0. The maximum Gasteiger partial charge on any atom is 0.306 e. The highest BCUT2D eigenvalue weighted by molar-refractivity contribution is 5.70. The number of ether oxygens (including phenoxy) is 6. The number of esters is 2. The molecule has 0 aromatic heterocycles. The van der Waals surface area contributed by atoms with Crippen molar-refractivity contribution in [3.63, 3.8) is 0 Å². The summed E-state index contributed by atoms with van der Waals surface area (Å²) in [6, 6.07) is 0. The third-order valence-electron chi connectivity index (χ3n) is 10.3. The van der Waals surface area contributed by atoms with E-state index in [2.05, 4.69) is 62.5 Å². The minimum atomic E-state index is -1.77. The van der Waals surface area contributed by atoms with Crippen LogP contribution >= 0.6 is 0 Å². The Bertz CT molecular complexity index is 1240. The van der Waals surface area contributed by atoms with E-state index in [9.17, 15) is 45.3 Å². The van der Waals surface area contributed by atoms with Gasteiger partial charge in [-0.3, -0.25) is 9.59 Å². The maximum atomic E-state index is 12.9. The van der Waals surface area contributed by atoms with Crippen molar-refractivity contribution in [1.82, 2.24) is 0 Å². The molecule has 0 bridgehead atoms. The number of aliphatic hydroxyl groups is 7. The van der Waals surface area contributed by atoms with Crippen LogP contribution in [0.15, 0.2) is 48.6 Å². The number of unbranched alkanes of at least 4 members (excludes halogenated alkanes) is 10. The number of allylic oxidation sites excluding steroid dienone is 8. The van der Waals surface area contributed by atoms with E-state index in [1.165, 1.54) is 19.3 Å². The molecule has 15 nitrogen and oxygen atoms in total. The number of hydrogen-bond donors (Lipinski definition) is 7. The minimum absolute atomic E-state index is 0.127. The summed E-state index contributed by atoms with van der Waals surface area (Å²) in [4.78, 5) is 25.5. The van der Waals surface area contributed by atoms with Gasteiger partial charge in [0.05, 0.1) is 19.8 Å². The summed E-state index contributed by atoms with van der Waals surface area (Å²) in [5, 5.41) is 71.7. The first-order chi connectivity index (χ1) is 29.0. The van der Waals surface area contributed by atoms with Crippen LogP contribution in [0.2, 0.25) is 0 Å². The molecule has 15 heteroatoms. The first kappa shape index (κ1) is 53.6. The molecule has 0 saturated carbocycles. The molecule has 2 aliphatic heterocycles. The molecular weight excluding hydrogens is 780 g/mol. The second kappa shape index (κ2) is 33.1. The summed E-state index contributed by atoms with van der Waals surface area (Å²) in [6.45, 7) is 2.40. The summed E-state index contributed by atoms with van der Waals surface area (Å²) in [6.07, 6.45) is 16.1. The fourth-order valence-electron chi connectivity index (χ4n) is 6.56. The van der Waals surface area contributed by atoms with Crippen molar-refractivity contribution in [2.45, 2.75) is 197 Å². The van der Waals surface area contributed by atoms with Crippen LogP contribution in [0, 0.1) is 0 Å². The molecule has 346 valence electrons. The van der Waals surface area contributed by atoms with Crippen LogP contribution in [0.5, 0.6) is 0 Å². The second-order valence-electron chi connectivity index (χ2n) is 15.5. The zero-order valence-corrected chi connectivity index (χ0v) is 35.9. The molecule has 0 radical (unpaired) electrons. The van der Waals surface area contributed by atoms with E-state index in [0.29, 0.717) is 12.8 Å². The lowest BCUT2D eigenvalue weighted by molar-refractivity contribution is -0.332. The molecule has 4 unspecified atom stereocenters. The van der Waals surface area contributed by atoms with Crippen molar-refractivity contribution in [2.75, 3.05) is 26.4 Å². The average Bonchev–Trinajstić information content (AvgIpc) is 3.24. The van der Waals surface area contributed by atoms with E-state index >= 15 is 0 Å². The Kier molecular flexibility index (Phi) is 29.5. The van der Waals surface area contributed by atoms with Crippen LogP contribution in [-0.2, 0) is 38.0 Å². The monoisotopic (exact) mass is 857 g/mol. The fraction of sp³-hybridized carbons (Fsp3) is 0.778. The van der Waals surface area contributed by atoms with Gasteiger partial charge in [-0.15, -0.1) is 0 Å². The molecule has 0 amide bonds. The first-order valence-electron chi connectivity index (χ1n) is 22.2. The Labute approximate surface area is 357 Å². The predicted octanol–water partition coefficient (Wildman–Crippen LogP) is 4.37. The molecule has 0 spiro atoms. The quantitative estimate of drug-likeness (QED) is 0.0283. The van der Waals surface area contributed by atoms with Crippen LogP contribution < -0.4 is 0 Å². The van der Waals surface area contributed by atoms with Gasteiger partial charge < -0.3 is 64.2 Å². The highest BCUT2D eigenvalue weighted by Crippen LogP contribution is 2.26. The van der Waals surface area contributed by atoms with Crippen LogP contribution in [0.3, 0.4) is 0 Å². The van der Waals surface area contributed by atoms with Gasteiger partial charge in [0.1, 0.15) is 55.4 Å². The number of aliphatic hydroxyl groups excluding tert-OH is 7. The van der Waals surface area contributed by atoms with Gasteiger partial charge in [0.2, 0.25) is 0 Å². The Morgan fingerprint density at radius 2 is 1.03 bits per heavy atom. The van der Waals surface area contributed by atoms with E-state index in [-0.39, 0.29) is 19.4 Å². The number of hydrogen-bond acceptors (Lipinski definition) is 15. The molecule has 11 atom stereocenters. The zero-order valence-electron chi connectivity index (χ0n) is 35.9. The zero-order chi connectivity index (χ0) is 44.0. The lowest BCUT2D eigenvalue weighted by atomic mass is 9.98. The third-order valence-corrected chi connectivity index (χ3v) is 10.3. The Morgan fingerprint density at radius 1 is 0.533 bits per heavy atom. The van der Waals surface area contributed by atoms with Crippen LogP contribution in [0.1, 0.15) is 129 Å². The van der Waals surface area contributed by atoms with E-state index in [4.69, 9.17) is 28.4 Å². The molecule has 2 rings (SSSR count). The number of carbonyl (C=O) groups is 2.